The van der Waals surface area contributed by atoms with Crippen LogP contribution in [0.15, 0.2) is 36.4 Å². The van der Waals surface area contributed by atoms with E-state index < -0.39 is 12.0 Å². The normalized spacial score (nSPS) is 9.83. The third-order valence-corrected chi connectivity index (χ3v) is 2.91. The zero-order valence-electron chi connectivity index (χ0n) is 13.3. The molecule has 0 bridgehead atoms. The molecule has 124 valence electrons. The Bertz CT molecular complexity index is 596. The van der Waals surface area contributed by atoms with Gasteiger partial charge in [0.1, 0.15) is 0 Å². The van der Waals surface area contributed by atoms with Gasteiger partial charge >= 0.3 is 12.0 Å². The molecule has 0 saturated heterocycles. The van der Waals surface area contributed by atoms with Gasteiger partial charge in [-0.2, -0.15) is 0 Å². The molecule has 0 atom stereocenters. The van der Waals surface area contributed by atoms with E-state index in [0.29, 0.717) is 18.8 Å². The van der Waals surface area contributed by atoms with Gasteiger partial charge in [0.25, 0.3) is 5.91 Å². The topological polar surface area (TPSA) is 102 Å². The Labute approximate surface area is 135 Å². The van der Waals surface area contributed by atoms with Crippen molar-refractivity contribution in [1.29, 1.82) is 0 Å². The Morgan fingerprint density at radius 3 is 2.35 bits per heavy atom. The molecule has 0 unspecified atom stereocenters. The highest BCUT2D eigenvalue weighted by Crippen LogP contribution is 2.10. The summed E-state index contributed by atoms with van der Waals surface area (Å²) < 4.78 is 5.00. The lowest BCUT2D eigenvalue weighted by Gasteiger charge is -2.20. The Kier molecular flexibility index (Phi) is 6.79. The highest BCUT2D eigenvalue weighted by atomic mass is 16.5. The number of nitrogens with one attached hydrogen (secondary N) is 1. The predicted molar refractivity (Wildman–Crippen MR) is 87.0 cm³/mol. The Morgan fingerprint density at radius 2 is 1.87 bits per heavy atom. The van der Waals surface area contributed by atoms with Gasteiger partial charge in [-0.25, -0.2) is 9.59 Å². The van der Waals surface area contributed by atoms with Crippen LogP contribution < -0.4 is 11.1 Å². The fourth-order valence-electron chi connectivity index (χ4n) is 1.84. The number of hydrogen-bond acceptors (Lipinski definition) is 4. The van der Waals surface area contributed by atoms with E-state index in [1.165, 1.54) is 24.3 Å². The summed E-state index contributed by atoms with van der Waals surface area (Å²) in [4.78, 5) is 36.1. The van der Waals surface area contributed by atoms with Crippen molar-refractivity contribution in [2.45, 2.75) is 13.8 Å². The minimum atomic E-state index is -0.692. The second kappa shape index (κ2) is 8.57. The third kappa shape index (κ3) is 6.21. The molecule has 0 saturated carbocycles. The number of anilines is 1. The molecule has 0 radical (unpaired) electrons. The SMILES string of the molecule is C=C(C)CN(CC)C(=O)COC(=O)c1ccc(NC(N)=O)cc1. The van der Waals surface area contributed by atoms with Gasteiger partial charge in [0.15, 0.2) is 6.61 Å². The molecule has 1 aromatic rings. The monoisotopic (exact) mass is 319 g/mol. The number of hydrogen-bond donors (Lipinski definition) is 2. The first-order valence-electron chi connectivity index (χ1n) is 7.09. The van der Waals surface area contributed by atoms with Crippen LogP contribution in [0.3, 0.4) is 0 Å². The van der Waals surface area contributed by atoms with Crippen molar-refractivity contribution in [3.63, 3.8) is 0 Å². The van der Waals surface area contributed by atoms with Crippen molar-refractivity contribution in [3.8, 4) is 0 Å². The first-order valence-corrected chi connectivity index (χ1v) is 7.09. The molecular weight excluding hydrogens is 298 g/mol. The van der Waals surface area contributed by atoms with E-state index in [0.717, 1.165) is 5.57 Å². The summed E-state index contributed by atoms with van der Waals surface area (Å²) in [7, 11) is 0. The van der Waals surface area contributed by atoms with Gasteiger partial charge in [-0.1, -0.05) is 12.2 Å². The van der Waals surface area contributed by atoms with E-state index in [1.807, 2.05) is 13.8 Å². The largest absolute Gasteiger partial charge is 0.452 e. The molecule has 0 aliphatic heterocycles. The molecule has 0 spiro atoms. The standard InChI is InChI=1S/C16H21N3O4/c1-4-19(9-11(2)3)14(20)10-23-15(21)12-5-7-13(8-6-12)18-16(17)22/h5-8H,2,4,9-10H2,1,3H3,(H3,17,18,22). The van der Waals surface area contributed by atoms with Crippen LogP contribution in [-0.2, 0) is 9.53 Å². The van der Waals surface area contributed by atoms with Gasteiger partial charge in [0.2, 0.25) is 0 Å². The number of nitrogens with zero attached hydrogens (tertiary/aromatic N) is 1. The number of rotatable bonds is 7. The van der Waals surface area contributed by atoms with E-state index in [-0.39, 0.29) is 18.1 Å². The van der Waals surface area contributed by atoms with Crippen LogP contribution in [0.4, 0.5) is 10.5 Å². The van der Waals surface area contributed by atoms with Crippen LogP contribution in [0.5, 0.6) is 0 Å². The molecule has 0 aliphatic carbocycles. The zero-order valence-corrected chi connectivity index (χ0v) is 13.3. The highest BCUT2D eigenvalue weighted by Gasteiger charge is 2.15. The van der Waals surface area contributed by atoms with E-state index in [1.54, 1.807) is 4.90 Å². The summed E-state index contributed by atoms with van der Waals surface area (Å²) in [6.45, 7) is 8.03. The highest BCUT2D eigenvalue weighted by molar-refractivity contribution is 5.93. The fourth-order valence-corrected chi connectivity index (χ4v) is 1.84. The van der Waals surface area contributed by atoms with Gasteiger partial charge in [-0.05, 0) is 38.1 Å². The number of primary amides is 1. The molecule has 7 nitrogen and oxygen atoms in total. The minimum Gasteiger partial charge on any atom is -0.452 e. The maximum Gasteiger partial charge on any atom is 0.338 e. The number of urea groups is 1. The number of carbonyl (C=O) groups excluding carboxylic acids is 3. The predicted octanol–water partition coefficient (Wildman–Crippen LogP) is 1.76. The quantitative estimate of drug-likeness (QED) is 0.590. The van der Waals surface area contributed by atoms with Crippen LogP contribution in [0, 0.1) is 0 Å². The number of carbonyl (C=O) groups is 3. The minimum absolute atomic E-state index is 0.274. The second-order valence-electron chi connectivity index (χ2n) is 5.01. The van der Waals surface area contributed by atoms with Crippen molar-refractivity contribution in [1.82, 2.24) is 4.90 Å². The fraction of sp³-hybridized carbons (Fsp3) is 0.312. The lowest BCUT2D eigenvalue weighted by molar-refractivity contribution is -0.133. The maximum absolute atomic E-state index is 12.0. The molecule has 0 aromatic heterocycles. The van der Waals surface area contributed by atoms with E-state index in [9.17, 15) is 14.4 Å². The number of benzene rings is 1. The van der Waals surface area contributed by atoms with E-state index in [2.05, 4.69) is 11.9 Å². The van der Waals surface area contributed by atoms with Gasteiger partial charge in [-0.15, -0.1) is 0 Å². The maximum atomic E-state index is 12.0. The van der Waals surface area contributed by atoms with Crippen LogP contribution >= 0.6 is 0 Å². The smallest absolute Gasteiger partial charge is 0.338 e. The molecule has 1 rings (SSSR count). The van der Waals surface area contributed by atoms with Crippen molar-refractivity contribution in [3.05, 3.63) is 42.0 Å². The van der Waals surface area contributed by atoms with E-state index >= 15 is 0 Å². The van der Waals surface area contributed by atoms with Crippen LogP contribution in [-0.4, -0.2) is 42.5 Å². The average molecular weight is 319 g/mol. The van der Waals surface area contributed by atoms with Gasteiger partial charge in [-0.3, -0.25) is 4.79 Å². The Hall–Kier alpha value is -2.83. The lowest BCUT2D eigenvalue weighted by atomic mass is 10.2. The summed E-state index contributed by atoms with van der Waals surface area (Å²) in [5.41, 5.74) is 6.58. The average Bonchev–Trinajstić information content (AvgIpc) is 2.49. The Balaban J connectivity index is 2.57. The molecule has 0 heterocycles. The molecular formula is C16H21N3O4. The van der Waals surface area contributed by atoms with Crippen LogP contribution in [0.1, 0.15) is 24.2 Å². The molecule has 3 N–H and O–H groups in total. The zero-order chi connectivity index (χ0) is 17.4. The summed E-state index contributed by atoms with van der Waals surface area (Å²) >= 11 is 0. The number of esters is 1. The van der Waals surface area contributed by atoms with Gasteiger partial charge in [0, 0.05) is 18.8 Å². The third-order valence-electron chi connectivity index (χ3n) is 2.91. The number of nitrogens with two attached hydrogens (primary N) is 1. The van der Waals surface area contributed by atoms with Crippen molar-refractivity contribution >= 4 is 23.6 Å². The summed E-state index contributed by atoms with van der Waals surface area (Å²) in [5, 5.41) is 2.38. The summed E-state index contributed by atoms with van der Waals surface area (Å²) in [6.07, 6.45) is 0. The summed E-state index contributed by atoms with van der Waals surface area (Å²) in [6, 6.07) is 5.29. The number of amides is 3. The summed E-state index contributed by atoms with van der Waals surface area (Å²) in [5.74, 6) is -0.897. The van der Waals surface area contributed by atoms with Crippen LogP contribution in [0.2, 0.25) is 0 Å². The van der Waals surface area contributed by atoms with Gasteiger partial charge < -0.3 is 20.7 Å². The molecule has 7 heteroatoms. The van der Waals surface area contributed by atoms with Gasteiger partial charge in [0.05, 0.1) is 5.56 Å². The number of ether oxygens (including phenoxy) is 1. The first-order chi connectivity index (χ1) is 10.8. The molecule has 3 amide bonds. The lowest BCUT2D eigenvalue weighted by Crippen LogP contribution is -2.35. The van der Waals surface area contributed by atoms with E-state index in [4.69, 9.17) is 10.5 Å². The number of likely N-dealkylation sites (N-methyl/N-ethyl adjacent to an activating group) is 1. The molecule has 0 fully saturated rings. The van der Waals surface area contributed by atoms with Crippen molar-refractivity contribution in [2.75, 3.05) is 25.0 Å². The van der Waals surface area contributed by atoms with Crippen LogP contribution in [0.25, 0.3) is 0 Å². The Morgan fingerprint density at radius 1 is 1.26 bits per heavy atom. The van der Waals surface area contributed by atoms with Crippen molar-refractivity contribution < 1.29 is 19.1 Å². The molecule has 1 aromatic carbocycles. The molecule has 23 heavy (non-hydrogen) atoms. The second-order valence-corrected chi connectivity index (χ2v) is 5.01. The first kappa shape index (κ1) is 18.2. The molecule has 0 aliphatic rings. The van der Waals surface area contributed by atoms with Crippen molar-refractivity contribution in [2.24, 2.45) is 5.73 Å².